The molecule has 20 heavy (non-hydrogen) atoms. The van der Waals surface area contributed by atoms with Gasteiger partial charge in [-0.2, -0.15) is 0 Å². The lowest BCUT2D eigenvalue weighted by Gasteiger charge is -2.23. The summed E-state index contributed by atoms with van der Waals surface area (Å²) in [7, 11) is 0. The molecule has 2 atom stereocenters. The molecule has 0 saturated carbocycles. The van der Waals surface area contributed by atoms with Crippen LogP contribution in [0.15, 0.2) is 53.0 Å². The van der Waals surface area contributed by atoms with E-state index in [1.54, 1.807) is 12.1 Å². The summed E-state index contributed by atoms with van der Waals surface area (Å²) < 4.78 is 14.4. The van der Waals surface area contributed by atoms with Crippen LogP contribution in [0, 0.1) is 5.82 Å². The van der Waals surface area contributed by atoms with Crippen LogP contribution >= 0.6 is 15.9 Å². The van der Waals surface area contributed by atoms with Gasteiger partial charge >= 0.3 is 0 Å². The highest BCUT2D eigenvalue weighted by molar-refractivity contribution is 9.10. The van der Waals surface area contributed by atoms with Gasteiger partial charge in [-0.15, -0.1) is 0 Å². The Kier molecular flexibility index (Phi) is 5.32. The molecule has 2 rings (SSSR count). The van der Waals surface area contributed by atoms with E-state index in [9.17, 15) is 4.39 Å². The number of hydrogen-bond donors (Lipinski definition) is 1. The maximum Gasteiger partial charge on any atom is 0.123 e. The number of nitrogens with one attached hydrogen (secondary N) is 1. The smallest absolute Gasteiger partial charge is 0.123 e. The van der Waals surface area contributed by atoms with Crippen molar-refractivity contribution in [2.75, 3.05) is 0 Å². The molecule has 0 saturated heterocycles. The average Bonchev–Trinajstić information content (AvgIpc) is 2.45. The van der Waals surface area contributed by atoms with E-state index in [1.807, 2.05) is 18.2 Å². The second-order valence-corrected chi connectivity index (χ2v) is 5.87. The van der Waals surface area contributed by atoms with Gasteiger partial charge in [0.2, 0.25) is 0 Å². The lowest BCUT2D eigenvalue weighted by molar-refractivity contribution is 0.455. The van der Waals surface area contributed by atoms with Crippen LogP contribution in [-0.4, -0.2) is 0 Å². The molecule has 0 bridgehead atoms. The summed E-state index contributed by atoms with van der Waals surface area (Å²) in [5.41, 5.74) is 2.22. The molecule has 106 valence electrons. The summed E-state index contributed by atoms with van der Waals surface area (Å²) in [6.45, 7) is 4.22. The highest BCUT2D eigenvalue weighted by Gasteiger charge is 2.14. The monoisotopic (exact) mass is 335 g/mol. The van der Waals surface area contributed by atoms with Crippen molar-refractivity contribution < 1.29 is 4.39 Å². The first kappa shape index (κ1) is 15.2. The first-order valence-corrected chi connectivity index (χ1v) is 7.66. The molecule has 0 aliphatic heterocycles. The van der Waals surface area contributed by atoms with E-state index in [0.717, 1.165) is 16.5 Å². The summed E-state index contributed by atoms with van der Waals surface area (Å²) in [5, 5.41) is 3.56. The zero-order chi connectivity index (χ0) is 14.5. The Bertz CT molecular complexity index is 553. The second kappa shape index (κ2) is 7.00. The van der Waals surface area contributed by atoms with Crippen LogP contribution in [0.1, 0.15) is 43.5 Å². The second-order valence-electron chi connectivity index (χ2n) is 4.96. The fourth-order valence-corrected chi connectivity index (χ4v) is 2.58. The first-order chi connectivity index (χ1) is 9.60. The molecule has 2 aromatic rings. The van der Waals surface area contributed by atoms with Crippen LogP contribution in [-0.2, 0) is 0 Å². The van der Waals surface area contributed by atoms with E-state index in [2.05, 4.69) is 47.2 Å². The Morgan fingerprint density at radius 2 is 1.80 bits per heavy atom. The van der Waals surface area contributed by atoms with Crippen molar-refractivity contribution in [2.24, 2.45) is 0 Å². The molecule has 0 aliphatic carbocycles. The molecule has 2 aromatic carbocycles. The van der Waals surface area contributed by atoms with Crippen molar-refractivity contribution in [3.63, 3.8) is 0 Å². The number of halogens is 2. The third kappa shape index (κ3) is 3.90. The fraction of sp³-hybridized carbons (Fsp3) is 0.294. The first-order valence-electron chi connectivity index (χ1n) is 6.87. The molecule has 1 N–H and O–H groups in total. The number of rotatable bonds is 5. The van der Waals surface area contributed by atoms with E-state index < -0.39 is 0 Å². The highest BCUT2D eigenvalue weighted by atomic mass is 79.9. The Labute approximate surface area is 128 Å². The van der Waals surface area contributed by atoms with Crippen LogP contribution in [0.25, 0.3) is 0 Å². The van der Waals surface area contributed by atoms with Gasteiger partial charge in [0, 0.05) is 16.6 Å². The predicted octanol–water partition coefficient (Wildman–Crippen LogP) is 5.39. The molecule has 0 aliphatic rings. The number of benzene rings is 2. The van der Waals surface area contributed by atoms with Crippen molar-refractivity contribution >= 4 is 15.9 Å². The van der Waals surface area contributed by atoms with Gasteiger partial charge in [0.15, 0.2) is 0 Å². The molecule has 0 aromatic heterocycles. The zero-order valence-corrected chi connectivity index (χ0v) is 13.3. The molecular formula is C17H19BrFN. The van der Waals surface area contributed by atoms with Gasteiger partial charge in [-0.3, -0.25) is 0 Å². The van der Waals surface area contributed by atoms with E-state index in [0.29, 0.717) is 0 Å². The molecule has 0 spiro atoms. The minimum atomic E-state index is -0.187. The quantitative estimate of drug-likeness (QED) is 0.772. The van der Waals surface area contributed by atoms with E-state index >= 15 is 0 Å². The van der Waals surface area contributed by atoms with Crippen LogP contribution in [0.4, 0.5) is 4.39 Å². The van der Waals surface area contributed by atoms with Crippen molar-refractivity contribution in [3.8, 4) is 0 Å². The van der Waals surface area contributed by atoms with Crippen molar-refractivity contribution in [2.45, 2.75) is 32.4 Å². The Morgan fingerprint density at radius 1 is 1.10 bits per heavy atom. The summed E-state index contributed by atoms with van der Waals surface area (Å²) in [6.07, 6.45) is 0.987. The van der Waals surface area contributed by atoms with Gasteiger partial charge < -0.3 is 5.32 Å². The summed E-state index contributed by atoms with van der Waals surface area (Å²) in [5.74, 6) is -0.187. The van der Waals surface area contributed by atoms with Crippen LogP contribution in [0.5, 0.6) is 0 Å². The maximum atomic E-state index is 13.3. The van der Waals surface area contributed by atoms with E-state index in [-0.39, 0.29) is 17.9 Å². The van der Waals surface area contributed by atoms with E-state index in [4.69, 9.17) is 0 Å². The van der Waals surface area contributed by atoms with Crippen LogP contribution in [0.3, 0.4) is 0 Å². The van der Waals surface area contributed by atoms with Gasteiger partial charge in [-0.25, -0.2) is 4.39 Å². The predicted molar refractivity (Wildman–Crippen MR) is 85.1 cm³/mol. The molecule has 0 amide bonds. The molecule has 1 nitrogen and oxygen atoms in total. The normalized spacial score (nSPS) is 14.0. The fourth-order valence-electron chi connectivity index (χ4n) is 2.32. The van der Waals surface area contributed by atoms with Gasteiger partial charge in [0.1, 0.15) is 5.82 Å². The Hall–Kier alpha value is -1.19. The Balaban J connectivity index is 2.11. The largest absolute Gasteiger partial charge is 0.303 e. The molecule has 2 unspecified atom stereocenters. The van der Waals surface area contributed by atoms with Crippen molar-refractivity contribution in [1.29, 1.82) is 0 Å². The summed E-state index contributed by atoms with van der Waals surface area (Å²) >= 11 is 3.45. The lowest BCUT2D eigenvalue weighted by Crippen LogP contribution is -2.24. The third-order valence-electron chi connectivity index (χ3n) is 3.48. The minimum absolute atomic E-state index is 0.110. The van der Waals surface area contributed by atoms with Crippen molar-refractivity contribution in [1.82, 2.24) is 5.32 Å². The lowest BCUT2D eigenvalue weighted by atomic mass is 10.0. The SMILES string of the molecule is CCC(NC(C)c1cccc(F)c1)c1ccc(Br)cc1. The van der Waals surface area contributed by atoms with Gasteiger partial charge in [0.05, 0.1) is 0 Å². The van der Waals surface area contributed by atoms with Crippen molar-refractivity contribution in [3.05, 3.63) is 69.9 Å². The third-order valence-corrected chi connectivity index (χ3v) is 4.01. The van der Waals surface area contributed by atoms with Gasteiger partial charge in [-0.1, -0.05) is 47.1 Å². The Morgan fingerprint density at radius 3 is 2.40 bits per heavy atom. The van der Waals surface area contributed by atoms with E-state index in [1.165, 1.54) is 11.6 Å². The molecule has 0 radical (unpaired) electrons. The van der Waals surface area contributed by atoms with Crippen LogP contribution in [0.2, 0.25) is 0 Å². The topological polar surface area (TPSA) is 12.0 Å². The summed E-state index contributed by atoms with van der Waals surface area (Å²) in [4.78, 5) is 0. The molecule has 0 heterocycles. The minimum Gasteiger partial charge on any atom is -0.303 e. The zero-order valence-electron chi connectivity index (χ0n) is 11.7. The van der Waals surface area contributed by atoms with Gasteiger partial charge in [-0.05, 0) is 48.7 Å². The highest BCUT2D eigenvalue weighted by Crippen LogP contribution is 2.23. The standard InChI is InChI=1S/C17H19BrFN/c1-3-17(13-7-9-15(18)10-8-13)20-12(2)14-5-4-6-16(19)11-14/h4-12,17,20H,3H2,1-2H3. The maximum absolute atomic E-state index is 13.3. The van der Waals surface area contributed by atoms with Crippen LogP contribution < -0.4 is 5.32 Å². The average molecular weight is 336 g/mol. The van der Waals surface area contributed by atoms with Gasteiger partial charge in [0.25, 0.3) is 0 Å². The molecular weight excluding hydrogens is 317 g/mol. The summed E-state index contributed by atoms with van der Waals surface area (Å²) in [6, 6.07) is 15.5. The molecule has 3 heteroatoms. The number of hydrogen-bond acceptors (Lipinski definition) is 1. The molecule has 0 fully saturated rings.